The van der Waals surface area contributed by atoms with Crippen LogP contribution in [0.4, 0.5) is 19.0 Å². The number of hydrogen-bond donors (Lipinski definition) is 1. The van der Waals surface area contributed by atoms with Gasteiger partial charge >= 0.3 is 6.18 Å². The molecule has 0 fully saturated rings. The Hall–Kier alpha value is -3.62. The molecule has 0 aliphatic rings. The minimum atomic E-state index is -4.39. The molecule has 0 saturated carbocycles. The Kier molecular flexibility index (Phi) is 4.34. The minimum Gasteiger partial charge on any atom is -0.321 e. The normalized spacial score (nSPS) is 11.7. The maximum atomic E-state index is 12.6. The molecule has 4 aromatic rings. The molecule has 142 valence electrons. The first-order chi connectivity index (χ1) is 13.4. The average Bonchev–Trinajstić information content (AvgIpc) is 3.29. The number of rotatable bonds is 4. The van der Waals surface area contributed by atoms with Gasteiger partial charge in [0.25, 0.3) is 0 Å². The van der Waals surface area contributed by atoms with Crippen LogP contribution in [0.15, 0.2) is 67.1 Å². The number of nitrogens with zero attached hydrogens (tertiary/aromatic N) is 4. The van der Waals surface area contributed by atoms with Gasteiger partial charge in [-0.05, 0) is 36.4 Å². The Morgan fingerprint density at radius 1 is 1.04 bits per heavy atom. The van der Waals surface area contributed by atoms with Crippen molar-refractivity contribution < 1.29 is 18.0 Å². The van der Waals surface area contributed by atoms with E-state index in [2.05, 4.69) is 15.4 Å². The molecule has 0 saturated heterocycles. The van der Waals surface area contributed by atoms with Crippen LogP contribution in [-0.2, 0) is 17.5 Å². The molecule has 2 heterocycles. The predicted octanol–water partition coefficient (Wildman–Crippen LogP) is 3.88. The summed E-state index contributed by atoms with van der Waals surface area (Å²) in [6.07, 6.45) is -1.24. The Morgan fingerprint density at radius 3 is 2.54 bits per heavy atom. The molecule has 0 spiro atoms. The zero-order chi connectivity index (χ0) is 19.7. The lowest BCUT2D eigenvalue weighted by Crippen LogP contribution is -2.18. The van der Waals surface area contributed by atoms with Crippen molar-refractivity contribution >= 4 is 22.8 Å². The fourth-order valence-electron chi connectivity index (χ4n) is 2.81. The first-order valence-corrected chi connectivity index (χ1v) is 8.33. The fourth-order valence-corrected chi connectivity index (χ4v) is 2.81. The van der Waals surface area contributed by atoms with E-state index in [4.69, 9.17) is 0 Å². The molecule has 9 heteroatoms. The molecule has 1 amide bonds. The van der Waals surface area contributed by atoms with Crippen LogP contribution in [0, 0.1) is 0 Å². The van der Waals surface area contributed by atoms with Gasteiger partial charge in [0.2, 0.25) is 5.91 Å². The number of anilines is 1. The number of hydrogen-bond acceptors (Lipinski definition) is 3. The Balaban J connectivity index is 1.45. The lowest BCUT2D eigenvalue weighted by molar-refractivity contribution is -0.137. The Bertz CT molecular complexity index is 1130. The van der Waals surface area contributed by atoms with E-state index >= 15 is 0 Å². The van der Waals surface area contributed by atoms with E-state index in [1.165, 1.54) is 16.8 Å². The van der Waals surface area contributed by atoms with Gasteiger partial charge in [0.1, 0.15) is 6.54 Å². The van der Waals surface area contributed by atoms with E-state index in [0.717, 1.165) is 23.2 Å². The molecule has 1 N–H and O–H groups in total. The second-order valence-corrected chi connectivity index (χ2v) is 6.10. The number of amides is 1. The molecule has 0 atom stereocenters. The molecule has 2 aromatic carbocycles. The average molecular weight is 385 g/mol. The Labute approximate surface area is 157 Å². The summed E-state index contributed by atoms with van der Waals surface area (Å²) in [5.74, 6) is 0.00939. The van der Waals surface area contributed by atoms with Crippen LogP contribution < -0.4 is 5.32 Å². The lowest BCUT2D eigenvalue weighted by Gasteiger charge is -2.07. The summed E-state index contributed by atoms with van der Waals surface area (Å²) in [6, 6.07) is 13.6. The molecule has 4 rings (SSSR count). The molecule has 28 heavy (non-hydrogen) atoms. The van der Waals surface area contributed by atoms with Crippen molar-refractivity contribution in [3.63, 3.8) is 0 Å². The summed E-state index contributed by atoms with van der Waals surface area (Å²) in [4.78, 5) is 16.5. The third-order valence-electron chi connectivity index (χ3n) is 4.16. The number of carbonyl (C=O) groups is 1. The Morgan fingerprint density at radius 2 is 1.79 bits per heavy atom. The van der Waals surface area contributed by atoms with Crippen LogP contribution in [0.2, 0.25) is 0 Å². The van der Waals surface area contributed by atoms with Crippen molar-refractivity contribution in [2.45, 2.75) is 12.7 Å². The van der Waals surface area contributed by atoms with Gasteiger partial charge in [-0.2, -0.15) is 18.3 Å². The van der Waals surface area contributed by atoms with Crippen LogP contribution >= 0.6 is 0 Å². The van der Waals surface area contributed by atoms with E-state index in [1.807, 2.05) is 24.3 Å². The zero-order valence-corrected chi connectivity index (χ0v) is 14.4. The van der Waals surface area contributed by atoms with Crippen molar-refractivity contribution in [1.82, 2.24) is 19.3 Å². The summed E-state index contributed by atoms with van der Waals surface area (Å²) in [7, 11) is 0. The number of carbonyl (C=O) groups excluding carboxylic acids is 1. The number of para-hydroxylation sites is 2. The highest BCUT2D eigenvalue weighted by Crippen LogP contribution is 2.29. The van der Waals surface area contributed by atoms with E-state index in [0.29, 0.717) is 11.5 Å². The van der Waals surface area contributed by atoms with Crippen LogP contribution in [0.5, 0.6) is 0 Å². The zero-order valence-electron chi connectivity index (χ0n) is 14.4. The second kappa shape index (κ2) is 6.84. The van der Waals surface area contributed by atoms with Gasteiger partial charge in [-0.15, -0.1) is 0 Å². The molecular formula is C19H14F3N5O. The molecule has 0 bridgehead atoms. The van der Waals surface area contributed by atoms with Gasteiger partial charge in [0, 0.05) is 12.3 Å². The third kappa shape index (κ3) is 3.59. The molecule has 0 radical (unpaired) electrons. The van der Waals surface area contributed by atoms with Crippen molar-refractivity contribution in [2.75, 3.05) is 5.32 Å². The summed E-state index contributed by atoms with van der Waals surface area (Å²) < 4.78 is 41.0. The molecule has 2 aromatic heterocycles. The first-order valence-electron chi connectivity index (χ1n) is 8.33. The summed E-state index contributed by atoms with van der Waals surface area (Å²) in [5.41, 5.74) is 1.36. The van der Waals surface area contributed by atoms with E-state index < -0.39 is 11.7 Å². The fraction of sp³-hybridized carbons (Fsp3) is 0.105. The molecule has 0 aliphatic carbocycles. The van der Waals surface area contributed by atoms with Crippen LogP contribution in [0.3, 0.4) is 0 Å². The quantitative estimate of drug-likeness (QED) is 0.580. The number of nitrogens with one attached hydrogen (secondary N) is 1. The van der Waals surface area contributed by atoms with Crippen molar-refractivity contribution in [2.24, 2.45) is 0 Å². The van der Waals surface area contributed by atoms with Gasteiger partial charge in [0.05, 0.1) is 28.6 Å². The van der Waals surface area contributed by atoms with E-state index in [1.54, 1.807) is 23.2 Å². The highest BCUT2D eigenvalue weighted by Gasteiger charge is 2.30. The number of alkyl halides is 3. The van der Waals surface area contributed by atoms with Gasteiger partial charge in [-0.3, -0.25) is 4.79 Å². The number of imidazole rings is 1. The van der Waals surface area contributed by atoms with Gasteiger partial charge in [0.15, 0.2) is 5.82 Å². The number of halogens is 3. The summed E-state index contributed by atoms with van der Waals surface area (Å²) in [5, 5.41) is 6.85. The van der Waals surface area contributed by atoms with Crippen molar-refractivity contribution in [3.8, 4) is 5.69 Å². The van der Waals surface area contributed by atoms with Gasteiger partial charge < -0.3 is 9.88 Å². The van der Waals surface area contributed by atoms with E-state index in [-0.39, 0.29) is 12.5 Å². The van der Waals surface area contributed by atoms with Crippen LogP contribution in [0.1, 0.15) is 5.56 Å². The lowest BCUT2D eigenvalue weighted by atomic mass is 10.2. The third-order valence-corrected chi connectivity index (χ3v) is 4.16. The first kappa shape index (κ1) is 17.8. The summed E-state index contributed by atoms with van der Waals surface area (Å²) >= 11 is 0. The molecule has 6 nitrogen and oxygen atoms in total. The molecular weight excluding hydrogens is 371 g/mol. The highest BCUT2D eigenvalue weighted by molar-refractivity contribution is 5.90. The van der Waals surface area contributed by atoms with Gasteiger partial charge in [-0.1, -0.05) is 12.1 Å². The van der Waals surface area contributed by atoms with Crippen molar-refractivity contribution in [3.05, 3.63) is 72.7 Å². The standard InChI is InChI=1S/C19H14F3N5O/c20-19(21,22)13-5-7-14(8-6-13)27-10-9-17(25-27)24-18(28)11-26-12-23-15-3-1-2-4-16(15)26/h1-10,12H,11H2,(H,24,25,28). The minimum absolute atomic E-state index is 0.0631. The SMILES string of the molecule is O=C(Cn1cnc2ccccc21)Nc1ccn(-c2ccc(C(F)(F)F)cc2)n1. The smallest absolute Gasteiger partial charge is 0.321 e. The van der Waals surface area contributed by atoms with Crippen LogP contribution in [0.25, 0.3) is 16.7 Å². The maximum absolute atomic E-state index is 12.6. The van der Waals surface area contributed by atoms with Crippen LogP contribution in [-0.4, -0.2) is 25.2 Å². The predicted molar refractivity (Wildman–Crippen MR) is 96.9 cm³/mol. The van der Waals surface area contributed by atoms with E-state index in [9.17, 15) is 18.0 Å². The second-order valence-electron chi connectivity index (χ2n) is 6.10. The maximum Gasteiger partial charge on any atom is 0.416 e. The highest BCUT2D eigenvalue weighted by atomic mass is 19.4. The molecule has 0 aliphatic heterocycles. The van der Waals surface area contributed by atoms with Crippen molar-refractivity contribution in [1.29, 1.82) is 0 Å². The number of benzene rings is 2. The largest absolute Gasteiger partial charge is 0.416 e. The molecule has 0 unspecified atom stereocenters. The summed E-state index contributed by atoms with van der Waals surface area (Å²) in [6.45, 7) is 0.0631. The number of aromatic nitrogens is 4. The number of fused-ring (bicyclic) bond motifs is 1. The topological polar surface area (TPSA) is 64.7 Å². The van der Waals surface area contributed by atoms with Gasteiger partial charge in [-0.25, -0.2) is 9.67 Å². The monoisotopic (exact) mass is 385 g/mol.